The number of nitrogens with zero attached hydrogens (tertiary/aromatic N) is 2. The van der Waals surface area contributed by atoms with Crippen molar-refractivity contribution in [3.8, 4) is 0 Å². The fourth-order valence-corrected chi connectivity index (χ4v) is 2.73. The van der Waals surface area contributed by atoms with E-state index in [-0.39, 0.29) is 11.6 Å². The van der Waals surface area contributed by atoms with E-state index in [0.717, 1.165) is 31.6 Å². The summed E-state index contributed by atoms with van der Waals surface area (Å²) in [6.45, 7) is 2.67. The molecule has 0 radical (unpaired) electrons. The first-order valence-corrected chi connectivity index (χ1v) is 7.58. The molecule has 0 saturated heterocycles. The Hall–Kier alpha value is -1.69. The average molecular weight is 292 g/mol. The first kappa shape index (κ1) is 15.7. The van der Waals surface area contributed by atoms with Crippen LogP contribution in [0, 0.1) is 5.92 Å². The number of anilines is 1. The summed E-state index contributed by atoms with van der Waals surface area (Å²) in [5, 5.41) is 24.0. The van der Waals surface area contributed by atoms with Crippen molar-refractivity contribution in [2.75, 3.05) is 18.9 Å². The third-order valence-electron chi connectivity index (χ3n) is 4.34. The molecule has 0 aromatic carbocycles. The molecule has 1 saturated carbocycles. The summed E-state index contributed by atoms with van der Waals surface area (Å²) in [5.74, 6) is 1.07. The SMILES string of the molecule is CCC1CCC(O)(CNc2ccc(C(=O)NC)nn2)CC1. The van der Waals surface area contributed by atoms with E-state index >= 15 is 0 Å². The van der Waals surface area contributed by atoms with E-state index in [1.54, 1.807) is 19.2 Å². The minimum absolute atomic E-state index is 0.259. The quantitative estimate of drug-likeness (QED) is 0.767. The molecule has 2 rings (SSSR count). The van der Waals surface area contributed by atoms with Crippen molar-refractivity contribution in [1.29, 1.82) is 0 Å². The van der Waals surface area contributed by atoms with E-state index in [1.807, 2.05) is 0 Å². The third-order valence-corrected chi connectivity index (χ3v) is 4.34. The summed E-state index contributed by atoms with van der Waals surface area (Å²) in [7, 11) is 1.55. The molecule has 1 aliphatic carbocycles. The van der Waals surface area contributed by atoms with Crippen LogP contribution in [0.3, 0.4) is 0 Å². The largest absolute Gasteiger partial charge is 0.388 e. The van der Waals surface area contributed by atoms with Crippen LogP contribution in [0.1, 0.15) is 49.5 Å². The Morgan fingerprint density at radius 3 is 2.62 bits per heavy atom. The highest BCUT2D eigenvalue weighted by atomic mass is 16.3. The fraction of sp³-hybridized carbons (Fsp3) is 0.667. The molecule has 1 aromatic heterocycles. The Morgan fingerprint density at radius 1 is 1.38 bits per heavy atom. The lowest BCUT2D eigenvalue weighted by Crippen LogP contribution is -2.40. The van der Waals surface area contributed by atoms with Crippen LogP contribution < -0.4 is 10.6 Å². The molecule has 1 aliphatic rings. The number of hydrogen-bond donors (Lipinski definition) is 3. The van der Waals surface area contributed by atoms with E-state index in [0.29, 0.717) is 12.4 Å². The molecule has 1 amide bonds. The number of carbonyl (C=O) groups excluding carboxylic acids is 1. The van der Waals surface area contributed by atoms with Gasteiger partial charge in [-0.3, -0.25) is 4.79 Å². The molecule has 116 valence electrons. The van der Waals surface area contributed by atoms with Gasteiger partial charge in [-0.1, -0.05) is 13.3 Å². The normalized spacial score (nSPS) is 25.4. The van der Waals surface area contributed by atoms with Crippen molar-refractivity contribution >= 4 is 11.7 Å². The first-order valence-electron chi connectivity index (χ1n) is 7.58. The lowest BCUT2D eigenvalue weighted by Gasteiger charge is -2.35. The van der Waals surface area contributed by atoms with Crippen LogP contribution in [-0.4, -0.2) is 40.4 Å². The fourth-order valence-electron chi connectivity index (χ4n) is 2.73. The Labute approximate surface area is 125 Å². The maximum Gasteiger partial charge on any atom is 0.271 e. The van der Waals surface area contributed by atoms with Gasteiger partial charge in [0, 0.05) is 13.6 Å². The van der Waals surface area contributed by atoms with Gasteiger partial charge in [0.15, 0.2) is 5.69 Å². The molecule has 1 heterocycles. The summed E-state index contributed by atoms with van der Waals surface area (Å²) >= 11 is 0. The van der Waals surface area contributed by atoms with Crippen LogP contribution in [0.5, 0.6) is 0 Å². The molecule has 0 bridgehead atoms. The number of amides is 1. The molecule has 3 N–H and O–H groups in total. The Bertz CT molecular complexity index is 467. The zero-order valence-corrected chi connectivity index (χ0v) is 12.7. The van der Waals surface area contributed by atoms with Crippen LogP contribution in [0.15, 0.2) is 12.1 Å². The average Bonchev–Trinajstić information content (AvgIpc) is 2.53. The second-order valence-electron chi connectivity index (χ2n) is 5.81. The van der Waals surface area contributed by atoms with Crippen LogP contribution in [0.4, 0.5) is 5.82 Å². The van der Waals surface area contributed by atoms with Crippen molar-refractivity contribution in [3.63, 3.8) is 0 Å². The van der Waals surface area contributed by atoms with Crippen LogP contribution in [0.25, 0.3) is 0 Å². The number of hydrogen-bond acceptors (Lipinski definition) is 5. The zero-order chi connectivity index (χ0) is 15.3. The predicted octanol–water partition coefficient (Wildman–Crippen LogP) is 1.58. The second kappa shape index (κ2) is 6.85. The zero-order valence-electron chi connectivity index (χ0n) is 12.7. The van der Waals surface area contributed by atoms with Gasteiger partial charge >= 0.3 is 0 Å². The van der Waals surface area contributed by atoms with Crippen molar-refractivity contribution in [2.45, 2.75) is 44.6 Å². The Kier molecular flexibility index (Phi) is 5.12. The number of nitrogens with one attached hydrogen (secondary N) is 2. The lowest BCUT2D eigenvalue weighted by atomic mass is 9.78. The standard InChI is InChI=1S/C15H24N4O2/c1-3-11-6-8-15(21,9-7-11)10-17-13-5-4-12(18-19-13)14(20)16-2/h4-5,11,21H,3,6-10H2,1-2H3,(H,16,20)(H,17,19). The summed E-state index contributed by atoms with van der Waals surface area (Å²) < 4.78 is 0. The molecular weight excluding hydrogens is 268 g/mol. The van der Waals surface area contributed by atoms with Crippen molar-refractivity contribution in [2.24, 2.45) is 5.92 Å². The molecule has 6 heteroatoms. The molecule has 0 aliphatic heterocycles. The third kappa shape index (κ3) is 4.14. The monoisotopic (exact) mass is 292 g/mol. The highest BCUT2D eigenvalue weighted by Crippen LogP contribution is 2.33. The summed E-state index contributed by atoms with van der Waals surface area (Å²) in [6, 6.07) is 3.32. The molecule has 21 heavy (non-hydrogen) atoms. The van der Waals surface area contributed by atoms with Crippen LogP contribution >= 0.6 is 0 Å². The van der Waals surface area contributed by atoms with E-state index in [1.165, 1.54) is 6.42 Å². The van der Waals surface area contributed by atoms with Crippen molar-refractivity contribution in [1.82, 2.24) is 15.5 Å². The molecule has 0 atom stereocenters. The molecule has 0 unspecified atom stereocenters. The van der Waals surface area contributed by atoms with Crippen LogP contribution in [-0.2, 0) is 0 Å². The summed E-state index contributed by atoms with van der Waals surface area (Å²) in [6.07, 6.45) is 4.99. The Balaban J connectivity index is 1.87. The summed E-state index contributed by atoms with van der Waals surface area (Å²) in [4.78, 5) is 11.4. The van der Waals surface area contributed by atoms with Gasteiger partial charge in [0.1, 0.15) is 5.82 Å². The smallest absolute Gasteiger partial charge is 0.271 e. The maximum atomic E-state index is 11.4. The maximum absolute atomic E-state index is 11.4. The van der Waals surface area contributed by atoms with Gasteiger partial charge in [-0.25, -0.2) is 0 Å². The number of carbonyl (C=O) groups is 1. The predicted molar refractivity (Wildman–Crippen MR) is 81.1 cm³/mol. The minimum atomic E-state index is -0.660. The molecule has 1 aromatic rings. The first-order chi connectivity index (χ1) is 10.1. The number of rotatable bonds is 5. The van der Waals surface area contributed by atoms with Gasteiger partial charge in [0.05, 0.1) is 5.60 Å². The van der Waals surface area contributed by atoms with Crippen LogP contribution in [0.2, 0.25) is 0 Å². The van der Waals surface area contributed by atoms with Gasteiger partial charge in [0.2, 0.25) is 0 Å². The summed E-state index contributed by atoms with van der Waals surface area (Å²) in [5.41, 5.74) is -0.377. The topological polar surface area (TPSA) is 87.1 Å². The van der Waals surface area contributed by atoms with Crippen molar-refractivity contribution in [3.05, 3.63) is 17.8 Å². The molecule has 0 spiro atoms. The highest BCUT2D eigenvalue weighted by Gasteiger charge is 2.32. The number of aromatic nitrogens is 2. The lowest BCUT2D eigenvalue weighted by molar-refractivity contribution is 0.00221. The minimum Gasteiger partial charge on any atom is -0.388 e. The van der Waals surface area contributed by atoms with E-state index in [2.05, 4.69) is 27.8 Å². The van der Waals surface area contributed by atoms with E-state index in [9.17, 15) is 9.90 Å². The number of aliphatic hydroxyl groups is 1. The molecule has 6 nitrogen and oxygen atoms in total. The van der Waals surface area contributed by atoms with Gasteiger partial charge < -0.3 is 15.7 Å². The Morgan fingerprint density at radius 2 is 2.10 bits per heavy atom. The van der Waals surface area contributed by atoms with E-state index < -0.39 is 5.60 Å². The highest BCUT2D eigenvalue weighted by molar-refractivity contribution is 5.91. The van der Waals surface area contributed by atoms with E-state index in [4.69, 9.17) is 0 Å². The van der Waals surface area contributed by atoms with Gasteiger partial charge in [-0.15, -0.1) is 10.2 Å². The van der Waals surface area contributed by atoms with Gasteiger partial charge in [-0.2, -0.15) is 0 Å². The van der Waals surface area contributed by atoms with Crippen molar-refractivity contribution < 1.29 is 9.90 Å². The van der Waals surface area contributed by atoms with Gasteiger partial charge in [0.25, 0.3) is 5.91 Å². The molecule has 1 fully saturated rings. The van der Waals surface area contributed by atoms with Gasteiger partial charge in [-0.05, 0) is 43.7 Å². The molecular formula is C15H24N4O2. The second-order valence-corrected chi connectivity index (χ2v) is 5.81.